The summed E-state index contributed by atoms with van der Waals surface area (Å²) in [6.45, 7) is 6.65. The van der Waals surface area contributed by atoms with Gasteiger partial charge in [-0.05, 0) is 50.8 Å². The molecule has 2 heterocycles. The molecule has 114 valence electrons. The molecule has 0 aromatic heterocycles. The lowest BCUT2D eigenvalue weighted by Gasteiger charge is -2.26. The maximum absolute atomic E-state index is 12.7. The van der Waals surface area contributed by atoms with Gasteiger partial charge < -0.3 is 10.6 Å². The van der Waals surface area contributed by atoms with Crippen LogP contribution in [0.4, 0.5) is 5.69 Å². The van der Waals surface area contributed by atoms with E-state index >= 15 is 0 Å². The number of fused-ring (bicyclic) bond motifs is 1. The van der Waals surface area contributed by atoms with E-state index in [2.05, 4.69) is 30.9 Å². The fourth-order valence-corrected chi connectivity index (χ4v) is 3.65. The van der Waals surface area contributed by atoms with E-state index < -0.39 is 0 Å². The minimum absolute atomic E-state index is 0.219. The van der Waals surface area contributed by atoms with E-state index in [4.69, 9.17) is 5.73 Å². The lowest BCUT2D eigenvalue weighted by Crippen LogP contribution is -2.43. The number of amides is 1. The number of hydrogen-bond acceptors (Lipinski definition) is 3. The van der Waals surface area contributed by atoms with Gasteiger partial charge in [-0.3, -0.25) is 9.69 Å². The van der Waals surface area contributed by atoms with Gasteiger partial charge in [0.25, 0.3) is 0 Å². The number of anilines is 1. The predicted molar refractivity (Wildman–Crippen MR) is 85.3 cm³/mol. The second kappa shape index (κ2) is 5.78. The van der Waals surface area contributed by atoms with Gasteiger partial charge in [-0.15, -0.1) is 0 Å². The molecule has 2 N–H and O–H groups in total. The second-order valence-electron chi connectivity index (χ2n) is 6.59. The first-order chi connectivity index (χ1) is 10.1. The third-order valence-electron chi connectivity index (χ3n) is 4.89. The Kier molecular flexibility index (Phi) is 4.00. The highest BCUT2D eigenvalue weighted by Gasteiger charge is 2.33. The Balaban J connectivity index is 1.67. The number of likely N-dealkylation sites (tertiary alicyclic amines) is 1. The molecule has 0 aliphatic carbocycles. The third-order valence-corrected chi connectivity index (χ3v) is 4.89. The highest BCUT2D eigenvalue weighted by molar-refractivity contribution is 5.97. The largest absolute Gasteiger partial charge is 0.328 e. The molecule has 1 fully saturated rings. The molecule has 0 spiro atoms. The van der Waals surface area contributed by atoms with E-state index in [1.807, 2.05) is 17.0 Å². The Morgan fingerprint density at radius 3 is 2.90 bits per heavy atom. The molecule has 0 radical (unpaired) electrons. The molecule has 4 heteroatoms. The fraction of sp³-hybridized carbons (Fsp3) is 0.588. The standard InChI is InChI=1S/C17H25N3O/c1-12-9-14-5-3-4-6-16(14)20(12)17(21)11-19-8-7-15(10-19)13(2)18/h3-6,12-13,15H,7-11,18H2,1-2H3. The summed E-state index contributed by atoms with van der Waals surface area (Å²) < 4.78 is 0. The maximum Gasteiger partial charge on any atom is 0.241 e. The summed E-state index contributed by atoms with van der Waals surface area (Å²) in [4.78, 5) is 16.9. The minimum Gasteiger partial charge on any atom is -0.328 e. The zero-order valence-corrected chi connectivity index (χ0v) is 13.0. The van der Waals surface area contributed by atoms with Crippen LogP contribution in [0, 0.1) is 5.92 Å². The van der Waals surface area contributed by atoms with Gasteiger partial charge in [-0.1, -0.05) is 18.2 Å². The van der Waals surface area contributed by atoms with Crippen LogP contribution in [0.15, 0.2) is 24.3 Å². The van der Waals surface area contributed by atoms with Crippen molar-refractivity contribution in [2.45, 2.75) is 38.8 Å². The Morgan fingerprint density at radius 2 is 2.19 bits per heavy atom. The molecule has 0 bridgehead atoms. The molecular weight excluding hydrogens is 262 g/mol. The van der Waals surface area contributed by atoms with Gasteiger partial charge >= 0.3 is 0 Å². The molecule has 3 atom stereocenters. The molecule has 1 aromatic rings. The number of carbonyl (C=O) groups excluding carboxylic acids is 1. The van der Waals surface area contributed by atoms with Crippen molar-refractivity contribution in [3.05, 3.63) is 29.8 Å². The number of carbonyl (C=O) groups is 1. The van der Waals surface area contributed by atoms with Crippen LogP contribution in [0.5, 0.6) is 0 Å². The number of hydrogen-bond donors (Lipinski definition) is 1. The molecule has 1 saturated heterocycles. The first-order valence-electron chi connectivity index (χ1n) is 7.94. The minimum atomic E-state index is 0.219. The molecule has 0 saturated carbocycles. The maximum atomic E-state index is 12.7. The van der Waals surface area contributed by atoms with E-state index in [-0.39, 0.29) is 18.0 Å². The van der Waals surface area contributed by atoms with Crippen molar-refractivity contribution in [2.75, 3.05) is 24.5 Å². The molecule has 21 heavy (non-hydrogen) atoms. The number of nitrogens with zero attached hydrogens (tertiary/aromatic N) is 2. The monoisotopic (exact) mass is 287 g/mol. The van der Waals surface area contributed by atoms with Crippen molar-refractivity contribution in [3.63, 3.8) is 0 Å². The zero-order chi connectivity index (χ0) is 15.0. The van der Waals surface area contributed by atoms with Crippen LogP contribution >= 0.6 is 0 Å². The van der Waals surface area contributed by atoms with E-state index in [1.54, 1.807) is 0 Å². The topological polar surface area (TPSA) is 49.6 Å². The molecule has 3 rings (SSSR count). The summed E-state index contributed by atoms with van der Waals surface area (Å²) in [5, 5.41) is 0. The van der Waals surface area contributed by atoms with Gasteiger partial charge in [0.2, 0.25) is 5.91 Å². The van der Waals surface area contributed by atoms with Gasteiger partial charge in [-0.2, -0.15) is 0 Å². The molecule has 3 unspecified atom stereocenters. The molecule has 2 aliphatic rings. The molecule has 1 aromatic carbocycles. The average Bonchev–Trinajstić information content (AvgIpc) is 3.01. The van der Waals surface area contributed by atoms with E-state index in [0.29, 0.717) is 12.5 Å². The first-order valence-corrected chi connectivity index (χ1v) is 7.94. The van der Waals surface area contributed by atoms with Crippen LogP contribution in [-0.4, -0.2) is 42.5 Å². The van der Waals surface area contributed by atoms with Crippen LogP contribution in [0.25, 0.3) is 0 Å². The average molecular weight is 287 g/mol. The van der Waals surface area contributed by atoms with Crippen molar-refractivity contribution >= 4 is 11.6 Å². The second-order valence-corrected chi connectivity index (χ2v) is 6.59. The van der Waals surface area contributed by atoms with Crippen LogP contribution in [0.2, 0.25) is 0 Å². The van der Waals surface area contributed by atoms with Crippen LogP contribution < -0.4 is 10.6 Å². The number of nitrogens with two attached hydrogens (primary N) is 1. The first kappa shape index (κ1) is 14.5. The Hall–Kier alpha value is -1.39. The van der Waals surface area contributed by atoms with Gasteiger partial charge in [0.15, 0.2) is 0 Å². The summed E-state index contributed by atoms with van der Waals surface area (Å²) in [6, 6.07) is 8.73. The predicted octanol–water partition coefficient (Wildman–Crippen LogP) is 1.63. The smallest absolute Gasteiger partial charge is 0.241 e. The summed E-state index contributed by atoms with van der Waals surface area (Å²) in [5.41, 5.74) is 8.36. The van der Waals surface area contributed by atoms with E-state index in [0.717, 1.165) is 31.6 Å². The van der Waals surface area contributed by atoms with Crippen molar-refractivity contribution < 1.29 is 4.79 Å². The fourth-order valence-electron chi connectivity index (χ4n) is 3.65. The number of benzene rings is 1. The number of para-hydroxylation sites is 1. The summed E-state index contributed by atoms with van der Waals surface area (Å²) >= 11 is 0. The van der Waals surface area contributed by atoms with E-state index in [9.17, 15) is 4.79 Å². The van der Waals surface area contributed by atoms with Crippen molar-refractivity contribution in [3.8, 4) is 0 Å². The van der Waals surface area contributed by atoms with Gasteiger partial charge in [0.1, 0.15) is 0 Å². The Bertz CT molecular complexity index is 529. The van der Waals surface area contributed by atoms with Crippen molar-refractivity contribution in [2.24, 2.45) is 11.7 Å². The summed E-state index contributed by atoms with van der Waals surface area (Å²) in [5.74, 6) is 0.749. The van der Waals surface area contributed by atoms with Crippen LogP contribution in [0.3, 0.4) is 0 Å². The van der Waals surface area contributed by atoms with Crippen LogP contribution in [0.1, 0.15) is 25.8 Å². The lowest BCUT2D eigenvalue weighted by molar-refractivity contribution is -0.119. The molecular formula is C17H25N3O. The normalized spacial score (nSPS) is 26.9. The SMILES string of the molecule is CC(N)C1CCN(CC(=O)N2c3ccccc3CC2C)C1. The summed E-state index contributed by atoms with van der Waals surface area (Å²) in [6.07, 6.45) is 2.07. The molecule has 1 amide bonds. The number of rotatable bonds is 3. The highest BCUT2D eigenvalue weighted by atomic mass is 16.2. The van der Waals surface area contributed by atoms with Gasteiger partial charge in [0, 0.05) is 24.3 Å². The highest BCUT2D eigenvalue weighted by Crippen LogP contribution is 2.32. The van der Waals surface area contributed by atoms with E-state index in [1.165, 1.54) is 5.56 Å². The Labute approximate surface area is 126 Å². The third kappa shape index (κ3) is 2.83. The summed E-state index contributed by atoms with van der Waals surface area (Å²) in [7, 11) is 0. The molecule has 4 nitrogen and oxygen atoms in total. The van der Waals surface area contributed by atoms with Crippen molar-refractivity contribution in [1.29, 1.82) is 0 Å². The quantitative estimate of drug-likeness (QED) is 0.919. The van der Waals surface area contributed by atoms with Gasteiger partial charge in [-0.25, -0.2) is 0 Å². The zero-order valence-electron chi connectivity index (χ0n) is 13.0. The van der Waals surface area contributed by atoms with Crippen molar-refractivity contribution in [1.82, 2.24) is 4.90 Å². The van der Waals surface area contributed by atoms with Crippen LogP contribution in [-0.2, 0) is 11.2 Å². The van der Waals surface area contributed by atoms with Gasteiger partial charge in [0.05, 0.1) is 6.54 Å². The lowest BCUT2D eigenvalue weighted by atomic mass is 10.0. The molecule has 2 aliphatic heterocycles. The Morgan fingerprint density at radius 1 is 1.43 bits per heavy atom.